The Labute approximate surface area is 202 Å². The van der Waals surface area contributed by atoms with Crippen molar-refractivity contribution in [3.63, 3.8) is 0 Å². The summed E-state index contributed by atoms with van der Waals surface area (Å²) >= 11 is 0. The maximum absolute atomic E-state index is 11.8. The van der Waals surface area contributed by atoms with Crippen LogP contribution in [0.25, 0.3) is 22.4 Å². The lowest BCUT2D eigenvalue weighted by Crippen LogP contribution is -2.44. The van der Waals surface area contributed by atoms with Crippen LogP contribution < -0.4 is 5.32 Å². The number of amides is 1. The third-order valence-corrected chi connectivity index (χ3v) is 7.91. The summed E-state index contributed by atoms with van der Waals surface area (Å²) in [5, 5.41) is 3.58. The average Bonchev–Trinajstić information content (AvgIpc) is 3.18. The van der Waals surface area contributed by atoms with E-state index in [0.717, 1.165) is 66.0 Å². The number of hydrogen-bond donors (Lipinski definition) is 1. The average molecular weight is 481 g/mol. The molecule has 4 heterocycles. The van der Waals surface area contributed by atoms with Gasteiger partial charge < -0.3 is 19.5 Å². The Kier molecular flexibility index (Phi) is 7.32. The van der Waals surface area contributed by atoms with E-state index in [1.807, 2.05) is 40.8 Å². The smallest absolute Gasteiger partial charge is 0.219 e. The second kappa shape index (κ2) is 10.2. The number of piperidine rings is 1. The third kappa shape index (κ3) is 6.01. The molecule has 182 valence electrons. The number of nitrogens with one attached hydrogen (secondary N) is 1. The molecule has 34 heavy (non-hydrogen) atoms. The van der Waals surface area contributed by atoms with Gasteiger partial charge in [0, 0.05) is 58.2 Å². The second-order valence-corrected chi connectivity index (χ2v) is 16.0. The van der Waals surface area contributed by atoms with E-state index in [2.05, 4.69) is 25.0 Å². The second-order valence-electron chi connectivity index (χ2n) is 10.4. The van der Waals surface area contributed by atoms with Crippen molar-refractivity contribution in [2.24, 2.45) is 0 Å². The van der Waals surface area contributed by atoms with Crippen LogP contribution in [-0.2, 0) is 16.3 Å². The zero-order chi connectivity index (χ0) is 24.3. The van der Waals surface area contributed by atoms with E-state index in [1.165, 1.54) is 0 Å². The van der Waals surface area contributed by atoms with E-state index in [-0.39, 0.29) is 11.9 Å². The van der Waals surface area contributed by atoms with E-state index in [0.29, 0.717) is 13.3 Å². The zero-order valence-electron chi connectivity index (χ0n) is 21.0. The fourth-order valence-corrected chi connectivity index (χ4v) is 4.94. The minimum atomic E-state index is -1.11. The molecular formula is C25H36N6O2Si. The summed E-state index contributed by atoms with van der Waals surface area (Å²) in [6.45, 7) is 13.4. The van der Waals surface area contributed by atoms with Gasteiger partial charge in [-0.05, 0) is 44.0 Å². The molecule has 1 saturated heterocycles. The summed E-state index contributed by atoms with van der Waals surface area (Å²) in [4.78, 5) is 28.1. The number of aryl methyl sites for hydroxylation is 1. The number of nitrogens with zero attached hydrogens (tertiary/aromatic N) is 5. The number of carbonyl (C=O) groups is 1. The molecule has 0 bridgehead atoms. The van der Waals surface area contributed by atoms with Crippen molar-refractivity contribution in [3.8, 4) is 11.3 Å². The number of likely N-dealkylation sites (tertiary alicyclic amines) is 1. The SMILES string of the molecule is CC(=O)N1CCCC(Nc2nc(C)ccc2-c2cnc3c(ccn3COCC[Si](C)(C)C)n2)C1. The molecule has 1 fully saturated rings. The summed E-state index contributed by atoms with van der Waals surface area (Å²) in [7, 11) is -1.11. The highest BCUT2D eigenvalue weighted by molar-refractivity contribution is 6.76. The number of pyridine rings is 1. The van der Waals surface area contributed by atoms with E-state index in [4.69, 9.17) is 19.7 Å². The van der Waals surface area contributed by atoms with Crippen molar-refractivity contribution >= 4 is 31.0 Å². The molecule has 0 saturated carbocycles. The molecule has 1 atom stereocenters. The molecule has 1 N–H and O–H groups in total. The lowest BCUT2D eigenvalue weighted by Gasteiger charge is -2.33. The summed E-state index contributed by atoms with van der Waals surface area (Å²) < 4.78 is 7.90. The van der Waals surface area contributed by atoms with Gasteiger partial charge >= 0.3 is 0 Å². The summed E-state index contributed by atoms with van der Waals surface area (Å²) in [5.41, 5.74) is 4.27. The number of anilines is 1. The molecule has 0 spiro atoms. The monoisotopic (exact) mass is 480 g/mol. The Morgan fingerprint density at radius 3 is 2.82 bits per heavy atom. The molecule has 1 amide bonds. The number of aromatic nitrogens is 4. The van der Waals surface area contributed by atoms with E-state index >= 15 is 0 Å². The molecule has 0 aliphatic carbocycles. The first-order valence-electron chi connectivity index (χ1n) is 12.1. The molecule has 1 unspecified atom stereocenters. The van der Waals surface area contributed by atoms with Crippen LogP contribution >= 0.6 is 0 Å². The van der Waals surface area contributed by atoms with Gasteiger partial charge in [0.1, 0.15) is 18.1 Å². The molecule has 9 heteroatoms. The van der Waals surface area contributed by atoms with Crippen molar-refractivity contribution in [2.45, 2.75) is 65.1 Å². The Balaban J connectivity index is 1.52. The Hall–Kier alpha value is -2.78. The van der Waals surface area contributed by atoms with Crippen molar-refractivity contribution in [2.75, 3.05) is 25.0 Å². The summed E-state index contributed by atoms with van der Waals surface area (Å²) in [6, 6.07) is 7.32. The van der Waals surface area contributed by atoms with Crippen molar-refractivity contribution in [1.82, 2.24) is 24.4 Å². The van der Waals surface area contributed by atoms with Gasteiger partial charge in [-0.25, -0.2) is 15.0 Å². The third-order valence-electron chi connectivity index (χ3n) is 6.21. The first kappa shape index (κ1) is 24.3. The fourth-order valence-electron chi connectivity index (χ4n) is 4.18. The molecule has 1 aliphatic heterocycles. The Bertz CT molecular complexity index is 1160. The summed E-state index contributed by atoms with van der Waals surface area (Å²) in [6.07, 6.45) is 5.77. The Morgan fingerprint density at radius 1 is 1.24 bits per heavy atom. The number of carbonyl (C=O) groups excluding carboxylic acids is 1. The minimum Gasteiger partial charge on any atom is -0.365 e. The van der Waals surface area contributed by atoms with Crippen LogP contribution in [0.1, 0.15) is 25.5 Å². The largest absolute Gasteiger partial charge is 0.365 e. The van der Waals surface area contributed by atoms with Gasteiger partial charge in [0.25, 0.3) is 0 Å². The van der Waals surface area contributed by atoms with E-state index in [1.54, 1.807) is 13.1 Å². The number of fused-ring (bicyclic) bond motifs is 1. The summed E-state index contributed by atoms with van der Waals surface area (Å²) in [5.74, 6) is 0.910. The highest BCUT2D eigenvalue weighted by Gasteiger charge is 2.23. The van der Waals surface area contributed by atoms with E-state index < -0.39 is 8.07 Å². The maximum atomic E-state index is 11.8. The highest BCUT2D eigenvalue weighted by Crippen LogP contribution is 2.28. The number of rotatable bonds is 8. The van der Waals surface area contributed by atoms with Crippen LogP contribution in [0.4, 0.5) is 5.82 Å². The van der Waals surface area contributed by atoms with Gasteiger partial charge in [0.05, 0.1) is 11.9 Å². The van der Waals surface area contributed by atoms with Crippen LogP contribution in [-0.4, -0.2) is 64.1 Å². The highest BCUT2D eigenvalue weighted by atomic mass is 28.3. The molecule has 3 aromatic rings. The van der Waals surface area contributed by atoms with Crippen molar-refractivity contribution in [1.29, 1.82) is 0 Å². The molecule has 4 rings (SSSR count). The van der Waals surface area contributed by atoms with Gasteiger partial charge in [-0.1, -0.05) is 19.6 Å². The topological polar surface area (TPSA) is 85.2 Å². The van der Waals surface area contributed by atoms with Crippen LogP contribution in [0, 0.1) is 6.92 Å². The van der Waals surface area contributed by atoms with Gasteiger partial charge in [0.2, 0.25) is 5.91 Å². The molecule has 8 nitrogen and oxygen atoms in total. The standard InChI is InChI=1S/C25H36N6O2Si/c1-18-8-9-21(24(27-18)28-20-7-6-11-30(16-20)19(2)32)23-15-26-25-22(29-23)10-12-31(25)17-33-13-14-34(3,4)5/h8-10,12,15,20H,6-7,11,13-14,16-17H2,1-5H3,(H,27,28). The quantitative estimate of drug-likeness (QED) is 0.376. The van der Waals surface area contributed by atoms with Crippen LogP contribution in [0.3, 0.4) is 0 Å². The number of ether oxygens (including phenoxy) is 1. The minimum absolute atomic E-state index is 0.120. The lowest BCUT2D eigenvalue weighted by atomic mass is 10.0. The fraction of sp³-hybridized carbons (Fsp3) is 0.520. The van der Waals surface area contributed by atoms with Gasteiger partial charge in [-0.3, -0.25) is 4.79 Å². The Morgan fingerprint density at radius 2 is 2.06 bits per heavy atom. The van der Waals surface area contributed by atoms with Gasteiger partial charge in [-0.2, -0.15) is 0 Å². The van der Waals surface area contributed by atoms with Crippen LogP contribution in [0.5, 0.6) is 0 Å². The van der Waals surface area contributed by atoms with Crippen molar-refractivity contribution in [3.05, 3.63) is 36.3 Å². The first-order valence-corrected chi connectivity index (χ1v) is 15.8. The van der Waals surface area contributed by atoms with E-state index in [9.17, 15) is 4.79 Å². The normalized spacial score (nSPS) is 16.7. The van der Waals surface area contributed by atoms with Crippen LogP contribution in [0.15, 0.2) is 30.6 Å². The molecule has 0 radical (unpaired) electrons. The lowest BCUT2D eigenvalue weighted by molar-refractivity contribution is -0.129. The van der Waals surface area contributed by atoms with Gasteiger partial charge in [-0.15, -0.1) is 0 Å². The van der Waals surface area contributed by atoms with Crippen molar-refractivity contribution < 1.29 is 9.53 Å². The molecule has 0 aromatic carbocycles. The molecule has 3 aromatic heterocycles. The number of hydrogen-bond acceptors (Lipinski definition) is 6. The predicted molar refractivity (Wildman–Crippen MR) is 138 cm³/mol. The first-order chi connectivity index (χ1) is 16.2. The molecule has 1 aliphatic rings. The zero-order valence-corrected chi connectivity index (χ0v) is 22.0. The van der Waals surface area contributed by atoms with Gasteiger partial charge in [0.15, 0.2) is 5.65 Å². The maximum Gasteiger partial charge on any atom is 0.219 e. The predicted octanol–water partition coefficient (Wildman–Crippen LogP) is 4.54. The molecular weight excluding hydrogens is 444 g/mol. The van der Waals surface area contributed by atoms with Crippen LogP contribution in [0.2, 0.25) is 25.7 Å².